The summed E-state index contributed by atoms with van der Waals surface area (Å²) in [4.78, 5) is 45.5. The molecule has 2 aromatic rings. The van der Waals surface area contributed by atoms with Crippen molar-refractivity contribution in [3.63, 3.8) is 0 Å². The van der Waals surface area contributed by atoms with Gasteiger partial charge in [-0.2, -0.15) is 5.10 Å². The first kappa shape index (κ1) is 19.1. The Labute approximate surface area is 152 Å². The van der Waals surface area contributed by atoms with E-state index in [4.69, 9.17) is 16.7 Å². The highest BCUT2D eigenvalue weighted by Gasteiger charge is 2.11. The number of carbonyl (C=O) groups is 3. The third kappa shape index (κ3) is 5.42. The van der Waals surface area contributed by atoms with Crippen LogP contribution in [0.4, 0.5) is 0 Å². The molecule has 0 aliphatic rings. The molecule has 0 aliphatic heterocycles. The number of hydrogen-bond donors (Lipinski definition) is 3. The first-order chi connectivity index (χ1) is 12.4. The SMILES string of the molecule is O=C(O)CNC(=O)CNC(=O)Cn1nc(-c2ccccc2Cl)ccc1=O. The minimum atomic E-state index is -1.20. The summed E-state index contributed by atoms with van der Waals surface area (Å²) in [6.45, 7) is -1.36. The minimum absolute atomic E-state index is 0.399. The average molecular weight is 379 g/mol. The number of aliphatic carboxylic acids is 1. The molecule has 26 heavy (non-hydrogen) atoms. The molecule has 2 rings (SSSR count). The van der Waals surface area contributed by atoms with E-state index < -0.39 is 43.0 Å². The highest BCUT2D eigenvalue weighted by atomic mass is 35.5. The zero-order valence-corrected chi connectivity index (χ0v) is 14.2. The highest BCUT2D eigenvalue weighted by molar-refractivity contribution is 6.33. The molecule has 0 saturated heterocycles. The van der Waals surface area contributed by atoms with Crippen molar-refractivity contribution in [1.82, 2.24) is 20.4 Å². The number of nitrogens with zero attached hydrogens (tertiary/aromatic N) is 2. The van der Waals surface area contributed by atoms with Gasteiger partial charge in [-0.3, -0.25) is 19.2 Å². The fraction of sp³-hybridized carbons (Fsp3) is 0.188. The Morgan fingerprint density at radius 1 is 1.04 bits per heavy atom. The molecule has 9 nitrogen and oxygen atoms in total. The molecule has 0 fully saturated rings. The number of aromatic nitrogens is 2. The molecule has 0 saturated carbocycles. The van der Waals surface area contributed by atoms with E-state index in [1.165, 1.54) is 12.1 Å². The van der Waals surface area contributed by atoms with E-state index in [-0.39, 0.29) is 0 Å². The van der Waals surface area contributed by atoms with Crippen LogP contribution in [0, 0.1) is 0 Å². The summed E-state index contributed by atoms with van der Waals surface area (Å²) in [5.41, 5.74) is 0.532. The Hall–Kier alpha value is -3.20. The maximum atomic E-state index is 11.9. The number of benzene rings is 1. The summed E-state index contributed by atoms with van der Waals surface area (Å²) in [6, 6.07) is 9.68. The molecule has 0 radical (unpaired) electrons. The van der Waals surface area contributed by atoms with E-state index >= 15 is 0 Å². The maximum absolute atomic E-state index is 11.9. The molecule has 10 heteroatoms. The minimum Gasteiger partial charge on any atom is -0.480 e. The van der Waals surface area contributed by atoms with Crippen LogP contribution in [-0.2, 0) is 20.9 Å². The molecule has 2 amide bonds. The second kappa shape index (κ2) is 8.77. The van der Waals surface area contributed by atoms with Gasteiger partial charge in [-0.05, 0) is 12.1 Å². The lowest BCUT2D eigenvalue weighted by Crippen LogP contribution is -2.41. The van der Waals surface area contributed by atoms with Gasteiger partial charge in [0.05, 0.1) is 17.3 Å². The third-order valence-electron chi connectivity index (χ3n) is 3.19. The lowest BCUT2D eigenvalue weighted by molar-refractivity contribution is -0.137. The van der Waals surface area contributed by atoms with Crippen molar-refractivity contribution >= 4 is 29.4 Å². The molecule has 0 bridgehead atoms. The van der Waals surface area contributed by atoms with Crippen molar-refractivity contribution in [3.8, 4) is 11.3 Å². The lowest BCUT2D eigenvalue weighted by atomic mass is 10.1. The predicted octanol–water partition coefficient (Wildman–Crippen LogP) is -0.119. The van der Waals surface area contributed by atoms with Gasteiger partial charge < -0.3 is 15.7 Å². The van der Waals surface area contributed by atoms with E-state index in [0.717, 1.165) is 4.68 Å². The number of halogens is 1. The lowest BCUT2D eigenvalue weighted by Gasteiger charge is -2.09. The Bertz CT molecular complexity index is 896. The summed E-state index contributed by atoms with van der Waals surface area (Å²) in [6.07, 6.45) is 0. The Kier molecular flexibility index (Phi) is 6.45. The first-order valence-corrected chi connectivity index (χ1v) is 7.83. The molecule has 0 atom stereocenters. The fourth-order valence-corrected chi connectivity index (χ4v) is 2.21. The quantitative estimate of drug-likeness (QED) is 0.615. The Morgan fingerprint density at radius 2 is 1.73 bits per heavy atom. The number of hydrogen-bond acceptors (Lipinski definition) is 5. The monoisotopic (exact) mass is 378 g/mol. The Balaban J connectivity index is 2.03. The fourth-order valence-electron chi connectivity index (χ4n) is 1.98. The molecule has 136 valence electrons. The summed E-state index contributed by atoms with van der Waals surface area (Å²) < 4.78 is 0.948. The average Bonchev–Trinajstić information content (AvgIpc) is 2.60. The summed E-state index contributed by atoms with van der Waals surface area (Å²) in [5, 5.41) is 17.4. The molecule has 1 heterocycles. The van der Waals surface area contributed by atoms with Crippen LogP contribution in [0.1, 0.15) is 0 Å². The van der Waals surface area contributed by atoms with Gasteiger partial charge in [0.15, 0.2) is 0 Å². The van der Waals surface area contributed by atoms with Crippen LogP contribution in [0.25, 0.3) is 11.3 Å². The van der Waals surface area contributed by atoms with E-state index in [9.17, 15) is 19.2 Å². The van der Waals surface area contributed by atoms with Crippen LogP contribution in [0.3, 0.4) is 0 Å². The van der Waals surface area contributed by atoms with Gasteiger partial charge in [-0.1, -0.05) is 29.8 Å². The standard InChI is InChI=1S/C16H15ClN4O5/c17-11-4-2-1-3-10(11)12-5-6-15(24)21(20-12)9-14(23)18-7-13(22)19-8-16(25)26/h1-6H,7-9H2,(H,18,23)(H,19,22)(H,25,26). The van der Waals surface area contributed by atoms with Crippen LogP contribution >= 0.6 is 11.6 Å². The molecule has 3 N–H and O–H groups in total. The molecule has 1 aromatic carbocycles. The van der Waals surface area contributed by atoms with Crippen LogP contribution in [-0.4, -0.2) is 45.8 Å². The second-order valence-corrected chi connectivity index (χ2v) is 5.55. The van der Waals surface area contributed by atoms with Crippen molar-refractivity contribution in [1.29, 1.82) is 0 Å². The topological polar surface area (TPSA) is 130 Å². The van der Waals surface area contributed by atoms with E-state index in [1.54, 1.807) is 24.3 Å². The molecule has 0 unspecified atom stereocenters. The van der Waals surface area contributed by atoms with E-state index in [2.05, 4.69) is 15.7 Å². The summed E-state index contributed by atoms with van der Waals surface area (Å²) >= 11 is 6.10. The first-order valence-electron chi connectivity index (χ1n) is 7.45. The van der Waals surface area contributed by atoms with Gasteiger partial charge >= 0.3 is 5.97 Å². The van der Waals surface area contributed by atoms with Gasteiger partial charge in [0.25, 0.3) is 5.56 Å². The van der Waals surface area contributed by atoms with Crippen molar-refractivity contribution < 1.29 is 19.5 Å². The van der Waals surface area contributed by atoms with Crippen LogP contribution in [0.15, 0.2) is 41.2 Å². The predicted molar refractivity (Wildman–Crippen MR) is 92.6 cm³/mol. The van der Waals surface area contributed by atoms with E-state index in [1.807, 2.05) is 0 Å². The van der Waals surface area contributed by atoms with E-state index in [0.29, 0.717) is 16.3 Å². The normalized spacial score (nSPS) is 10.2. The van der Waals surface area contributed by atoms with Crippen LogP contribution in [0.2, 0.25) is 5.02 Å². The van der Waals surface area contributed by atoms with Crippen molar-refractivity contribution in [3.05, 3.63) is 51.8 Å². The van der Waals surface area contributed by atoms with Gasteiger partial charge in [0, 0.05) is 11.6 Å². The highest BCUT2D eigenvalue weighted by Crippen LogP contribution is 2.24. The summed E-state index contributed by atoms with van der Waals surface area (Å²) in [7, 11) is 0. The number of carboxylic acid groups (broad SMARTS) is 1. The second-order valence-electron chi connectivity index (χ2n) is 5.14. The summed E-state index contributed by atoms with van der Waals surface area (Å²) in [5.74, 6) is -2.48. The zero-order chi connectivity index (χ0) is 19.1. The largest absolute Gasteiger partial charge is 0.480 e. The maximum Gasteiger partial charge on any atom is 0.322 e. The van der Waals surface area contributed by atoms with Gasteiger partial charge in [0.2, 0.25) is 11.8 Å². The Morgan fingerprint density at radius 3 is 2.42 bits per heavy atom. The molecular weight excluding hydrogens is 364 g/mol. The number of carbonyl (C=O) groups excluding carboxylic acids is 2. The van der Waals surface area contributed by atoms with Crippen molar-refractivity contribution in [2.75, 3.05) is 13.1 Å². The smallest absolute Gasteiger partial charge is 0.322 e. The third-order valence-corrected chi connectivity index (χ3v) is 3.52. The van der Waals surface area contributed by atoms with Gasteiger partial charge in [0.1, 0.15) is 13.1 Å². The van der Waals surface area contributed by atoms with Crippen LogP contribution < -0.4 is 16.2 Å². The number of rotatable bonds is 7. The molecule has 1 aromatic heterocycles. The number of amides is 2. The number of carboxylic acids is 1. The van der Waals surface area contributed by atoms with Gasteiger partial charge in [-0.25, -0.2) is 4.68 Å². The zero-order valence-electron chi connectivity index (χ0n) is 13.4. The number of nitrogens with one attached hydrogen (secondary N) is 2. The molecular formula is C16H15ClN4O5. The van der Waals surface area contributed by atoms with Gasteiger partial charge in [-0.15, -0.1) is 0 Å². The van der Waals surface area contributed by atoms with Crippen LogP contribution in [0.5, 0.6) is 0 Å². The van der Waals surface area contributed by atoms with Crippen molar-refractivity contribution in [2.24, 2.45) is 0 Å². The van der Waals surface area contributed by atoms with Crippen molar-refractivity contribution in [2.45, 2.75) is 6.54 Å². The molecule has 0 spiro atoms. The molecule has 0 aliphatic carbocycles.